The van der Waals surface area contributed by atoms with Gasteiger partial charge in [0, 0.05) is 39.1 Å². The highest BCUT2D eigenvalue weighted by Gasteiger charge is 2.16. The molecule has 5 rings (SSSR count). The number of nitrogens with zero attached hydrogens (tertiary/aromatic N) is 1. The van der Waals surface area contributed by atoms with Crippen molar-refractivity contribution in [3.05, 3.63) is 76.6 Å². The van der Waals surface area contributed by atoms with Crippen LogP contribution in [0.2, 0.25) is 5.02 Å². The predicted octanol–water partition coefficient (Wildman–Crippen LogP) is 6.05. The number of halogens is 1. The van der Waals surface area contributed by atoms with Crippen LogP contribution in [0.5, 0.6) is 5.75 Å². The number of hydrogen-bond donors (Lipinski definition) is 1. The monoisotopic (exact) mass is 406 g/mol. The summed E-state index contributed by atoms with van der Waals surface area (Å²) in [6.45, 7) is 1.79. The average molecular weight is 407 g/mol. The highest BCUT2D eigenvalue weighted by atomic mass is 35.5. The quantitative estimate of drug-likeness (QED) is 0.386. The van der Waals surface area contributed by atoms with Gasteiger partial charge in [-0.15, -0.1) is 11.3 Å². The highest BCUT2D eigenvalue weighted by Crippen LogP contribution is 2.37. The molecule has 0 saturated carbocycles. The molecule has 3 aromatic carbocycles. The Balaban J connectivity index is 1.73. The van der Waals surface area contributed by atoms with Crippen molar-refractivity contribution in [2.45, 2.75) is 6.54 Å². The Kier molecular flexibility index (Phi) is 4.47. The van der Waals surface area contributed by atoms with Gasteiger partial charge in [-0.05, 0) is 52.7 Å². The van der Waals surface area contributed by atoms with Crippen LogP contribution in [-0.2, 0) is 6.54 Å². The second-order valence-corrected chi connectivity index (χ2v) is 8.14. The van der Waals surface area contributed by atoms with Crippen LogP contribution >= 0.6 is 22.9 Å². The third kappa shape index (κ3) is 2.85. The first-order valence-electron chi connectivity index (χ1n) is 9.24. The second kappa shape index (κ2) is 7.13. The van der Waals surface area contributed by atoms with Gasteiger partial charge in [0.15, 0.2) is 0 Å². The Labute approximate surface area is 171 Å². The van der Waals surface area contributed by atoms with E-state index in [1.54, 1.807) is 11.3 Å². The third-order valence-electron chi connectivity index (χ3n) is 5.08. The van der Waals surface area contributed by atoms with Crippen molar-refractivity contribution in [3.8, 4) is 5.75 Å². The van der Waals surface area contributed by atoms with Crippen LogP contribution in [-0.4, -0.2) is 17.7 Å². The summed E-state index contributed by atoms with van der Waals surface area (Å²) >= 11 is 8.02. The summed E-state index contributed by atoms with van der Waals surface area (Å²) in [5.74, 6) is 0.885. The van der Waals surface area contributed by atoms with Gasteiger partial charge < -0.3 is 15.0 Å². The number of hydrogen-bond acceptors (Lipinski definition) is 3. The standard InChI is InChI=1S/C23H19ClN2OS/c24-16-8-9-22-18(12-16)15(14-28-22)13-26-19-5-2-1-4-17(19)23-20(26)6-3-7-21(23)27-11-10-25/h1-9,12,14H,10-11,13,25H2. The largest absolute Gasteiger partial charge is 0.492 e. The Morgan fingerprint density at radius 2 is 1.82 bits per heavy atom. The van der Waals surface area contributed by atoms with Gasteiger partial charge in [-0.1, -0.05) is 35.9 Å². The van der Waals surface area contributed by atoms with Gasteiger partial charge in [0.2, 0.25) is 0 Å². The van der Waals surface area contributed by atoms with Crippen LogP contribution in [0, 0.1) is 0 Å². The minimum atomic E-state index is 0.497. The summed E-state index contributed by atoms with van der Waals surface area (Å²) in [5, 5.41) is 6.56. The number of benzene rings is 3. The van der Waals surface area contributed by atoms with Gasteiger partial charge >= 0.3 is 0 Å². The minimum Gasteiger partial charge on any atom is -0.492 e. The third-order valence-corrected chi connectivity index (χ3v) is 6.33. The molecule has 0 radical (unpaired) electrons. The molecule has 0 fully saturated rings. The molecule has 2 N–H and O–H groups in total. The van der Waals surface area contributed by atoms with Gasteiger partial charge in [-0.2, -0.15) is 0 Å². The number of ether oxygens (including phenoxy) is 1. The fraction of sp³-hybridized carbons (Fsp3) is 0.130. The zero-order valence-corrected chi connectivity index (χ0v) is 16.8. The van der Waals surface area contributed by atoms with E-state index in [2.05, 4.69) is 52.4 Å². The van der Waals surface area contributed by atoms with E-state index in [1.165, 1.54) is 26.6 Å². The smallest absolute Gasteiger partial charge is 0.129 e. The Hall–Kier alpha value is -2.53. The summed E-state index contributed by atoms with van der Waals surface area (Å²) in [5.41, 5.74) is 9.29. The first-order valence-corrected chi connectivity index (χ1v) is 10.5. The van der Waals surface area contributed by atoms with Crippen LogP contribution in [0.4, 0.5) is 0 Å². The number of fused-ring (bicyclic) bond motifs is 4. The molecule has 3 nitrogen and oxygen atoms in total. The van der Waals surface area contributed by atoms with Gasteiger partial charge in [0.05, 0.1) is 5.52 Å². The van der Waals surface area contributed by atoms with E-state index < -0.39 is 0 Å². The van der Waals surface area contributed by atoms with E-state index >= 15 is 0 Å². The molecule has 5 heteroatoms. The summed E-state index contributed by atoms with van der Waals surface area (Å²) < 4.78 is 9.58. The number of rotatable bonds is 5. The number of thiophene rings is 1. The molecule has 2 aromatic heterocycles. The number of nitrogens with two attached hydrogens (primary N) is 1. The summed E-state index contributed by atoms with van der Waals surface area (Å²) in [4.78, 5) is 0. The van der Waals surface area contributed by atoms with E-state index in [4.69, 9.17) is 22.1 Å². The summed E-state index contributed by atoms with van der Waals surface area (Å²) in [6.07, 6.45) is 0. The maximum absolute atomic E-state index is 6.26. The zero-order chi connectivity index (χ0) is 19.1. The lowest BCUT2D eigenvalue weighted by Crippen LogP contribution is -2.10. The molecule has 0 aliphatic heterocycles. The maximum atomic E-state index is 6.26. The Morgan fingerprint density at radius 3 is 2.71 bits per heavy atom. The van der Waals surface area contributed by atoms with Gasteiger partial charge in [0.25, 0.3) is 0 Å². The minimum absolute atomic E-state index is 0.497. The summed E-state index contributed by atoms with van der Waals surface area (Å²) in [6, 6.07) is 20.8. The topological polar surface area (TPSA) is 40.2 Å². The van der Waals surface area contributed by atoms with Crippen LogP contribution in [0.25, 0.3) is 31.9 Å². The molecule has 0 aliphatic rings. The van der Waals surface area contributed by atoms with Crippen LogP contribution < -0.4 is 10.5 Å². The molecule has 0 amide bonds. The molecule has 0 bridgehead atoms. The zero-order valence-electron chi connectivity index (χ0n) is 15.2. The first kappa shape index (κ1) is 17.6. The van der Waals surface area contributed by atoms with E-state index in [0.29, 0.717) is 13.2 Å². The first-order chi connectivity index (χ1) is 13.8. The molecule has 2 heterocycles. The van der Waals surface area contributed by atoms with Crippen molar-refractivity contribution in [2.24, 2.45) is 5.73 Å². The molecule has 28 heavy (non-hydrogen) atoms. The number of aromatic nitrogens is 1. The van der Waals surface area contributed by atoms with Gasteiger partial charge in [0.1, 0.15) is 12.4 Å². The normalized spacial score (nSPS) is 11.6. The lowest BCUT2D eigenvalue weighted by Gasteiger charge is -2.09. The van der Waals surface area contributed by atoms with Crippen molar-refractivity contribution in [1.82, 2.24) is 4.57 Å². The molecule has 0 atom stereocenters. The van der Waals surface area contributed by atoms with Crippen molar-refractivity contribution in [2.75, 3.05) is 13.2 Å². The second-order valence-electron chi connectivity index (χ2n) is 6.79. The van der Waals surface area contributed by atoms with Gasteiger partial charge in [-0.25, -0.2) is 0 Å². The van der Waals surface area contributed by atoms with Gasteiger partial charge in [-0.3, -0.25) is 0 Å². The van der Waals surface area contributed by atoms with E-state index in [9.17, 15) is 0 Å². The molecule has 140 valence electrons. The van der Waals surface area contributed by atoms with Crippen molar-refractivity contribution in [1.29, 1.82) is 0 Å². The summed E-state index contributed by atoms with van der Waals surface area (Å²) in [7, 11) is 0. The van der Waals surface area contributed by atoms with Crippen molar-refractivity contribution >= 4 is 54.8 Å². The molecular weight excluding hydrogens is 388 g/mol. The average Bonchev–Trinajstić information content (AvgIpc) is 3.26. The lowest BCUT2D eigenvalue weighted by atomic mass is 10.1. The molecule has 0 spiro atoms. The molecule has 0 aliphatic carbocycles. The SMILES string of the molecule is NCCOc1cccc2c1c1ccccc1n2Cc1csc2ccc(Cl)cc12. The predicted molar refractivity (Wildman–Crippen MR) is 120 cm³/mol. The van der Waals surface area contributed by atoms with Crippen LogP contribution in [0.15, 0.2) is 66.0 Å². The van der Waals surface area contributed by atoms with Crippen LogP contribution in [0.1, 0.15) is 5.56 Å². The van der Waals surface area contributed by atoms with Crippen molar-refractivity contribution in [3.63, 3.8) is 0 Å². The van der Waals surface area contributed by atoms with E-state index in [0.717, 1.165) is 28.2 Å². The maximum Gasteiger partial charge on any atom is 0.129 e. The number of para-hydroxylation sites is 1. The Morgan fingerprint density at radius 1 is 0.964 bits per heavy atom. The molecule has 0 saturated heterocycles. The van der Waals surface area contributed by atoms with E-state index in [1.807, 2.05) is 18.2 Å². The molecule has 0 unspecified atom stereocenters. The molecular formula is C23H19ClN2OS. The fourth-order valence-corrected chi connectivity index (χ4v) is 4.98. The molecule has 5 aromatic rings. The Bertz CT molecular complexity index is 1300. The van der Waals surface area contributed by atoms with Crippen LogP contribution in [0.3, 0.4) is 0 Å². The van der Waals surface area contributed by atoms with Crippen molar-refractivity contribution < 1.29 is 4.74 Å². The highest BCUT2D eigenvalue weighted by molar-refractivity contribution is 7.17. The van der Waals surface area contributed by atoms with E-state index in [-0.39, 0.29) is 0 Å². The fourth-order valence-electron chi connectivity index (χ4n) is 3.87. The lowest BCUT2D eigenvalue weighted by molar-refractivity contribution is 0.332.